The Morgan fingerprint density at radius 1 is 1.05 bits per heavy atom. The topological polar surface area (TPSA) is 26.0 Å². The van der Waals surface area contributed by atoms with Gasteiger partial charge in [0.15, 0.2) is 0 Å². The summed E-state index contributed by atoms with van der Waals surface area (Å²) in [7, 11) is 0. The molecule has 2 rings (SSSR count). The molecule has 1 aromatic carbocycles. The van der Waals surface area contributed by atoms with Crippen LogP contribution in [0.5, 0.6) is 0 Å². The summed E-state index contributed by atoms with van der Waals surface area (Å²) in [6.45, 7) is 0. The second kappa shape index (κ2) is 6.99. The molecule has 0 amide bonds. The van der Waals surface area contributed by atoms with Crippen molar-refractivity contribution < 1.29 is 8.78 Å². The zero-order valence-corrected chi connectivity index (χ0v) is 11.4. The van der Waals surface area contributed by atoms with Crippen LogP contribution >= 0.6 is 0 Å². The van der Waals surface area contributed by atoms with Crippen molar-refractivity contribution in [3.8, 4) is 0 Å². The third-order valence-electron chi connectivity index (χ3n) is 4.09. The van der Waals surface area contributed by atoms with Crippen LogP contribution in [0.15, 0.2) is 18.2 Å². The molecule has 0 radical (unpaired) electrons. The first-order valence-electron chi connectivity index (χ1n) is 7.34. The highest BCUT2D eigenvalue weighted by molar-refractivity contribution is 5.18. The molecule has 0 aliphatic heterocycles. The summed E-state index contributed by atoms with van der Waals surface area (Å²) in [5, 5.41) is 0. The molecule has 1 unspecified atom stereocenters. The molecule has 1 aromatic rings. The maximum Gasteiger partial charge on any atom is 0.126 e. The minimum absolute atomic E-state index is 0.00289. The molecule has 2 N–H and O–H groups in total. The number of nitrogens with two attached hydrogens (primary N) is 1. The molecule has 1 fully saturated rings. The SMILES string of the molecule is NC(CCC1CCCCC1)Cc1cc(F)cc(F)c1. The molecule has 0 bridgehead atoms. The second-order valence-corrected chi connectivity index (χ2v) is 5.82. The van der Waals surface area contributed by atoms with Gasteiger partial charge in [0, 0.05) is 12.1 Å². The number of halogens is 2. The van der Waals surface area contributed by atoms with Gasteiger partial charge in [-0.15, -0.1) is 0 Å². The molecule has 0 aromatic heterocycles. The van der Waals surface area contributed by atoms with E-state index in [-0.39, 0.29) is 6.04 Å². The van der Waals surface area contributed by atoms with Gasteiger partial charge in [0.1, 0.15) is 11.6 Å². The van der Waals surface area contributed by atoms with Crippen molar-refractivity contribution in [3.05, 3.63) is 35.4 Å². The van der Waals surface area contributed by atoms with Crippen molar-refractivity contribution >= 4 is 0 Å². The summed E-state index contributed by atoms with van der Waals surface area (Å²) in [6, 6.07) is 3.66. The van der Waals surface area contributed by atoms with Crippen molar-refractivity contribution in [3.63, 3.8) is 0 Å². The summed E-state index contributed by atoms with van der Waals surface area (Å²) in [5.41, 5.74) is 6.74. The summed E-state index contributed by atoms with van der Waals surface area (Å²) in [4.78, 5) is 0. The second-order valence-electron chi connectivity index (χ2n) is 5.82. The molecule has 1 nitrogen and oxygen atoms in total. The molecule has 0 saturated heterocycles. The highest BCUT2D eigenvalue weighted by Gasteiger charge is 2.15. The molecule has 1 saturated carbocycles. The normalized spacial score (nSPS) is 18.5. The summed E-state index contributed by atoms with van der Waals surface area (Å²) < 4.78 is 26.1. The molecular weight excluding hydrogens is 244 g/mol. The molecule has 106 valence electrons. The highest BCUT2D eigenvalue weighted by Crippen LogP contribution is 2.27. The molecule has 0 heterocycles. The van der Waals surface area contributed by atoms with Crippen LogP contribution in [-0.4, -0.2) is 6.04 Å². The first-order valence-corrected chi connectivity index (χ1v) is 7.34. The standard InChI is InChI=1S/C16H23F2N/c17-14-8-13(9-15(18)11-14)10-16(19)7-6-12-4-2-1-3-5-12/h8-9,11-12,16H,1-7,10,19H2. The first-order chi connectivity index (χ1) is 9.13. The van der Waals surface area contributed by atoms with Crippen molar-refractivity contribution in [1.82, 2.24) is 0 Å². The fourth-order valence-electron chi connectivity index (χ4n) is 3.06. The van der Waals surface area contributed by atoms with Crippen molar-refractivity contribution in [2.75, 3.05) is 0 Å². The molecule has 0 spiro atoms. The van der Waals surface area contributed by atoms with Crippen molar-refractivity contribution in [2.24, 2.45) is 11.7 Å². The fraction of sp³-hybridized carbons (Fsp3) is 0.625. The van der Waals surface area contributed by atoms with Crippen LogP contribution in [0.4, 0.5) is 8.78 Å². The molecule has 1 aliphatic carbocycles. The minimum atomic E-state index is -0.519. The summed E-state index contributed by atoms with van der Waals surface area (Å²) >= 11 is 0. The van der Waals surface area contributed by atoms with Gasteiger partial charge in [-0.1, -0.05) is 32.1 Å². The van der Waals surface area contributed by atoms with Gasteiger partial charge in [-0.25, -0.2) is 8.78 Å². The molecular formula is C16H23F2N. The van der Waals surface area contributed by atoms with Crippen LogP contribution in [0, 0.1) is 17.6 Å². The van der Waals surface area contributed by atoms with Gasteiger partial charge in [-0.2, -0.15) is 0 Å². The fourth-order valence-corrected chi connectivity index (χ4v) is 3.06. The highest BCUT2D eigenvalue weighted by atomic mass is 19.1. The van der Waals surface area contributed by atoms with Crippen LogP contribution in [0.1, 0.15) is 50.5 Å². The summed E-state index contributed by atoms with van der Waals surface area (Å²) in [6.07, 6.45) is 9.35. The van der Waals surface area contributed by atoms with E-state index in [1.807, 2.05) is 0 Å². The number of rotatable bonds is 5. The van der Waals surface area contributed by atoms with Crippen molar-refractivity contribution in [1.29, 1.82) is 0 Å². The van der Waals surface area contributed by atoms with Crippen LogP contribution < -0.4 is 5.73 Å². The van der Waals surface area contributed by atoms with E-state index in [9.17, 15) is 8.78 Å². The Balaban J connectivity index is 1.78. The van der Waals surface area contributed by atoms with E-state index < -0.39 is 11.6 Å². The predicted octanol–water partition coefficient (Wildman–Crippen LogP) is 4.20. The lowest BCUT2D eigenvalue weighted by molar-refractivity contribution is 0.323. The van der Waals surface area contributed by atoms with Gasteiger partial charge < -0.3 is 5.73 Å². The molecule has 19 heavy (non-hydrogen) atoms. The third-order valence-corrected chi connectivity index (χ3v) is 4.09. The van der Waals surface area contributed by atoms with Crippen LogP contribution in [0.25, 0.3) is 0 Å². The maximum atomic E-state index is 13.1. The Morgan fingerprint density at radius 2 is 1.68 bits per heavy atom. The van der Waals surface area contributed by atoms with E-state index in [0.29, 0.717) is 12.0 Å². The van der Waals surface area contributed by atoms with Gasteiger partial charge >= 0.3 is 0 Å². The smallest absolute Gasteiger partial charge is 0.126 e. The molecule has 3 heteroatoms. The lowest BCUT2D eigenvalue weighted by Gasteiger charge is -2.23. The number of hydrogen-bond acceptors (Lipinski definition) is 1. The van der Waals surface area contributed by atoms with Gasteiger partial charge in [0.2, 0.25) is 0 Å². The number of hydrogen-bond donors (Lipinski definition) is 1. The van der Waals surface area contributed by atoms with Gasteiger partial charge in [-0.05, 0) is 42.9 Å². The van der Waals surface area contributed by atoms with E-state index in [1.165, 1.54) is 44.2 Å². The number of benzene rings is 1. The van der Waals surface area contributed by atoms with Crippen LogP contribution in [-0.2, 0) is 6.42 Å². The zero-order chi connectivity index (χ0) is 13.7. The Morgan fingerprint density at radius 3 is 2.32 bits per heavy atom. The third kappa shape index (κ3) is 4.90. The predicted molar refractivity (Wildman–Crippen MR) is 73.8 cm³/mol. The van der Waals surface area contributed by atoms with E-state index in [0.717, 1.165) is 24.8 Å². The van der Waals surface area contributed by atoms with Gasteiger partial charge in [0.05, 0.1) is 0 Å². The zero-order valence-electron chi connectivity index (χ0n) is 11.4. The van der Waals surface area contributed by atoms with Crippen LogP contribution in [0.2, 0.25) is 0 Å². The Kier molecular flexibility index (Phi) is 5.32. The monoisotopic (exact) mass is 267 g/mol. The minimum Gasteiger partial charge on any atom is -0.327 e. The molecule has 1 aliphatic rings. The van der Waals surface area contributed by atoms with Crippen LogP contribution in [0.3, 0.4) is 0 Å². The largest absolute Gasteiger partial charge is 0.327 e. The quantitative estimate of drug-likeness (QED) is 0.850. The Labute approximate surface area is 114 Å². The average molecular weight is 267 g/mol. The lowest BCUT2D eigenvalue weighted by Crippen LogP contribution is -2.24. The maximum absolute atomic E-state index is 13.1. The van der Waals surface area contributed by atoms with Gasteiger partial charge in [0.25, 0.3) is 0 Å². The summed E-state index contributed by atoms with van der Waals surface area (Å²) in [5.74, 6) is -0.229. The lowest BCUT2D eigenvalue weighted by atomic mass is 9.85. The Hall–Kier alpha value is -0.960. The van der Waals surface area contributed by atoms with Gasteiger partial charge in [-0.3, -0.25) is 0 Å². The van der Waals surface area contributed by atoms with E-state index >= 15 is 0 Å². The Bertz CT molecular complexity index is 379. The average Bonchev–Trinajstić information content (AvgIpc) is 2.36. The van der Waals surface area contributed by atoms with E-state index in [4.69, 9.17) is 5.73 Å². The van der Waals surface area contributed by atoms with E-state index in [1.54, 1.807) is 0 Å². The first kappa shape index (κ1) is 14.4. The molecule has 1 atom stereocenters. The van der Waals surface area contributed by atoms with E-state index in [2.05, 4.69) is 0 Å². The van der Waals surface area contributed by atoms with Crippen molar-refractivity contribution in [2.45, 2.75) is 57.4 Å².